The van der Waals surface area contributed by atoms with Crippen LogP contribution < -0.4 is 0 Å². The Morgan fingerprint density at radius 1 is 1.10 bits per heavy atom. The van der Waals surface area contributed by atoms with Crippen LogP contribution in [-0.2, 0) is 27.5 Å². The number of carbonyl (C=O) groups excluding carboxylic acids is 1. The number of benzene rings is 2. The lowest BCUT2D eigenvalue weighted by Gasteiger charge is -2.24. The molecule has 2 aliphatic rings. The molecule has 0 aliphatic carbocycles. The number of aliphatic imine (C=N–C) groups is 1. The molecule has 2 fully saturated rings. The lowest BCUT2D eigenvalue weighted by molar-refractivity contribution is -0.117. The largest absolute Gasteiger partial charge is 0.346 e. The molecule has 0 radical (unpaired) electrons. The van der Waals surface area contributed by atoms with E-state index in [1.807, 2.05) is 53.4 Å². The SMILES string of the molecule is O=C(Cc1ccccc1Cl)N=C1S[C@H]2CS(=O)(=O)C[C@H]2N1CCc1ccccc1. The Labute approximate surface area is 180 Å². The van der Waals surface area contributed by atoms with Gasteiger partial charge in [0.05, 0.1) is 24.0 Å². The van der Waals surface area contributed by atoms with Crippen molar-refractivity contribution in [3.8, 4) is 0 Å². The molecule has 2 aromatic carbocycles. The van der Waals surface area contributed by atoms with Crippen LogP contribution in [0, 0.1) is 0 Å². The number of halogens is 1. The number of fused-ring (bicyclic) bond motifs is 1. The van der Waals surface area contributed by atoms with Crippen LogP contribution in [-0.4, -0.2) is 53.7 Å². The number of thioether (sulfide) groups is 1. The molecule has 2 heterocycles. The number of hydrogen-bond acceptors (Lipinski definition) is 4. The van der Waals surface area contributed by atoms with Gasteiger partial charge < -0.3 is 4.90 Å². The molecule has 2 saturated heterocycles. The van der Waals surface area contributed by atoms with Gasteiger partial charge in [0.15, 0.2) is 15.0 Å². The fourth-order valence-electron chi connectivity index (χ4n) is 3.74. The maximum Gasteiger partial charge on any atom is 0.252 e. The molecular formula is C21H21ClN2O3S2. The van der Waals surface area contributed by atoms with E-state index in [4.69, 9.17) is 11.6 Å². The Bertz CT molecular complexity index is 1040. The second-order valence-electron chi connectivity index (χ2n) is 7.29. The van der Waals surface area contributed by atoms with E-state index in [-0.39, 0.29) is 35.1 Å². The van der Waals surface area contributed by atoms with E-state index in [1.54, 1.807) is 6.07 Å². The highest BCUT2D eigenvalue weighted by molar-refractivity contribution is 8.15. The molecule has 8 heteroatoms. The minimum Gasteiger partial charge on any atom is -0.346 e. The van der Waals surface area contributed by atoms with Crippen LogP contribution in [0.15, 0.2) is 59.6 Å². The van der Waals surface area contributed by atoms with Crippen LogP contribution in [0.3, 0.4) is 0 Å². The lowest BCUT2D eigenvalue weighted by atomic mass is 10.1. The summed E-state index contributed by atoms with van der Waals surface area (Å²) in [7, 11) is -3.05. The molecule has 0 aromatic heterocycles. The van der Waals surface area contributed by atoms with Crippen molar-refractivity contribution in [1.82, 2.24) is 4.90 Å². The van der Waals surface area contributed by atoms with E-state index < -0.39 is 9.84 Å². The van der Waals surface area contributed by atoms with Gasteiger partial charge in [-0.1, -0.05) is 71.9 Å². The van der Waals surface area contributed by atoms with Gasteiger partial charge in [0.1, 0.15) is 0 Å². The molecule has 29 heavy (non-hydrogen) atoms. The van der Waals surface area contributed by atoms with Crippen molar-refractivity contribution in [2.45, 2.75) is 24.1 Å². The number of amidine groups is 1. The summed E-state index contributed by atoms with van der Waals surface area (Å²) >= 11 is 7.57. The van der Waals surface area contributed by atoms with Crippen LogP contribution in [0.2, 0.25) is 5.02 Å². The molecule has 0 N–H and O–H groups in total. The Morgan fingerprint density at radius 2 is 1.83 bits per heavy atom. The van der Waals surface area contributed by atoms with Crippen molar-refractivity contribution in [3.05, 3.63) is 70.7 Å². The predicted octanol–water partition coefficient (Wildman–Crippen LogP) is 3.22. The van der Waals surface area contributed by atoms with Gasteiger partial charge in [0.2, 0.25) is 0 Å². The molecule has 152 valence electrons. The fourth-order valence-corrected chi connectivity index (χ4v) is 7.94. The van der Waals surface area contributed by atoms with E-state index in [1.165, 1.54) is 17.3 Å². The van der Waals surface area contributed by atoms with E-state index in [0.29, 0.717) is 16.7 Å². The smallest absolute Gasteiger partial charge is 0.252 e. The predicted molar refractivity (Wildman–Crippen MR) is 118 cm³/mol. The monoisotopic (exact) mass is 448 g/mol. The zero-order chi connectivity index (χ0) is 20.4. The molecule has 2 atom stereocenters. The first-order valence-corrected chi connectivity index (χ1v) is 12.5. The van der Waals surface area contributed by atoms with Crippen molar-refractivity contribution in [1.29, 1.82) is 0 Å². The normalized spacial score (nSPS) is 24.0. The third-order valence-electron chi connectivity index (χ3n) is 5.18. The summed E-state index contributed by atoms with van der Waals surface area (Å²) < 4.78 is 24.2. The van der Waals surface area contributed by atoms with Crippen LogP contribution in [0.5, 0.6) is 0 Å². The summed E-state index contributed by atoms with van der Waals surface area (Å²) in [6, 6.07) is 17.1. The Kier molecular flexibility index (Phi) is 5.99. The maximum atomic E-state index is 12.6. The third-order valence-corrected chi connectivity index (χ3v) is 8.80. The third kappa shape index (κ3) is 4.85. The quantitative estimate of drug-likeness (QED) is 0.702. The second kappa shape index (κ2) is 8.50. The first kappa shape index (κ1) is 20.4. The van der Waals surface area contributed by atoms with Crippen molar-refractivity contribution in [2.75, 3.05) is 18.1 Å². The van der Waals surface area contributed by atoms with Crippen molar-refractivity contribution in [3.63, 3.8) is 0 Å². The van der Waals surface area contributed by atoms with Gasteiger partial charge in [-0.15, -0.1) is 0 Å². The number of hydrogen-bond donors (Lipinski definition) is 0. The molecule has 2 aliphatic heterocycles. The van der Waals surface area contributed by atoms with E-state index in [9.17, 15) is 13.2 Å². The zero-order valence-corrected chi connectivity index (χ0v) is 18.1. The number of amides is 1. The van der Waals surface area contributed by atoms with E-state index >= 15 is 0 Å². The molecule has 1 amide bonds. The summed E-state index contributed by atoms with van der Waals surface area (Å²) in [5.41, 5.74) is 1.91. The van der Waals surface area contributed by atoms with Gasteiger partial charge in [-0.05, 0) is 23.6 Å². The summed E-state index contributed by atoms with van der Waals surface area (Å²) in [6.07, 6.45) is 0.895. The minimum absolute atomic E-state index is 0.0670. The van der Waals surface area contributed by atoms with Gasteiger partial charge in [-0.2, -0.15) is 4.99 Å². The van der Waals surface area contributed by atoms with Crippen molar-refractivity contribution >= 4 is 44.3 Å². The topological polar surface area (TPSA) is 66.8 Å². The molecule has 4 rings (SSSR count). The summed E-state index contributed by atoms with van der Waals surface area (Å²) in [6.45, 7) is 0.631. The van der Waals surface area contributed by atoms with Crippen LogP contribution >= 0.6 is 23.4 Å². The zero-order valence-electron chi connectivity index (χ0n) is 15.7. The summed E-state index contributed by atoms with van der Waals surface area (Å²) in [4.78, 5) is 18.9. The van der Waals surface area contributed by atoms with Gasteiger partial charge in [0, 0.05) is 16.8 Å². The minimum atomic E-state index is -3.05. The summed E-state index contributed by atoms with van der Waals surface area (Å²) in [5, 5.41) is 1.11. The highest BCUT2D eigenvalue weighted by Crippen LogP contribution is 2.38. The standard InChI is InChI=1S/C21H21ClN2O3S2/c22-17-9-5-4-8-16(17)12-20(25)23-21-24(11-10-15-6-2-1-3-7-15)18-13-29(26,27)14-19(18)28-21/h1-9,18-19H,10-14H2/t18-,19+/m1/s1. The highest BCUT2D eigenvalue weighted by atomic mass is 35.5. The summed E-state index contributed by atoms with van der Waals surface area (Å²) in [5.74, 6) is -0.00727. The average Bonchev–Trinajstić information content (AvgIpc) is 3.14. The fraction of sp³-hybridized carbons (Fsp3) is 0.333. The first-order valence-electron chi connectivity index (χ1n) is 9.44. The van der Waals surface area contributed by atoms with E-state index in [2.05, 4.69) is 4.99 Å². The molecular weight excluding hydrogens is 428 g/mol. The lowest BCUT2D eigenvalue weighted by Crippen LogP contribution is -2.39. The molecule has 0 bridgehead atoms. The average molecular weight is 449 g/mol. The molecule has 0 saturated carbocycles. The van der Waals surface area contributed by atoms with Crippen LogP contribution in [0.1, 0.15) is 11.1 Å². The highest BCUT2D eigenvalue weighted by Gasteiger charge is 2.48. The van der Waals surface area contributed by atoms with Gasteiger partial charge in [0.25, 0.3) is 5.91 Å². The van der Waals surface area contributed by atoms with Crippen LogP contribution in [0.25, 0.3) is 0 Å². The van der Waals surface area contributed by atoms with E-state index in [0.717, 1.165) is 12.0 Å². The number of rotatable bonds is 5. The van der Waals surface area contributed by atoms with Gasteiger partial charge in [-0.25, -0.2) is 8.42 Å². The second-order valence-corrected chi connectivity index (χ2v) is 11.1. The van der Waals surface area contributed by atoms with Crippen molar-refractivity contribution in [2.24, 2.45) is 4.99 Å². The molecule has 5 nitrogen and oxygen atoms in total. The Morgan fingerprint density at radius 3 is 2.59 bits per heavy atom. The number of sulfone groups is 1. The number of carbonyl (C=O) groups is 1. The van der Waals surface area contributed by atoms with Gasteiger partial charge >= 0.3 is 0 Å². The Hall–Kier alpha value is -1.83. The van der Waals surface area contributed by atoms with Gasteiger partial charge in [-0.3, -0.25) is 4.79 Å². The Balaban J connectivity index is 1.53. The van der Waals surface area contributed by atoms with Crippen molar-refractivity contribution < 1.29 is 13.2 Å². The van der Waals surface area contributed by atoms with Crippen LogP contribution in [0.4, 0.5) is 0 Å². The molecule has 0 spiro atoms. The molecule has 0 unspecified atom stereocenters. The number of nitrogens with zero attached hydrogens (tertiary/aromatic N) is 2. The first-order chi connectivity index (χ1) is 13.9. The molecule has 2 aromatic rings. The maximum absolute atomic E-state index is 12.6.